The van der Waals surface area contributed by atoms with Crippen LogP contribution in [0.2, 0.25) is 0 Å². The largest absolute Gasteiger partial charge is 0.496 e. The average Bonchev–Trinajstić information content (AvgIpc) is 2.76. The number of benzene rings is 2. The summed E-state index contributed by atoms with van der Waals surface area (Å²) in [7, 11) is 3.03. The third-order valence-corrected chi connectivity index (χ3v) is 4.76. The summed E-state index contributed by atoms with van der Waals surface area (Å²) in [5.74, 6) is 1.36. The second-order valence-electron chi connectivity index (χ2n) is 6.88. The topological polar surface area (TPSA) is 60.5 Å². The average molecular weight is 390 g/mol. The van der Waals surface area contributed by atoms with E-state index < -0.39 is 0 Å². The van der Waals surface area contributed by atoms with Gasteiger partial charge in [-0.25, -0.2) is 4.98 Å². The Labute approximate surface area is 171 Å². The van der Waals surface area contributed by atoms with E-state index in [9.17, 15) is 4.79 Å². The van der Waals surface area contributed by atoms with Crippen LogP contribution < -0.4 is 10.1 Å². The van der Waals surface area contributed by atoms with E-state index in [1.807, 2.05) is 36.5 Å². The van der Waals surface area contributed by atoms with Gasteiger partial charge in [0.1, 0.15) is 11.6 Å². The van der Waals surface area contributed by atoms with Crippen LogP contribution in [0.15, 0.2) is 60.8 Å². The number of rotatable bonds is 8. The monoisotopic (exact) mass is 390 g/mol. The lowest BCUT2D eigenvalue weighted by Crippen LogP contribution is -2.03. The maximum Gasteiger partial charge on any atom is 0.305 e. The molecule has 0 saturated heterocycles. The van der Waals surface area contributed by atoms with Gasteiger partial charge < -0.3 is 14.8 Å². The van der Waals surface area contributed by atoms with Gasteiger partial charge in [0.05, 0.1) is 14.2 Å². The van der Waals surface area contributed by atoms with E-state index in [2.05, 4.69) is 41.5 Å². The number of hydrogen-bond donors (Lipinski definition) is 1. The summed E-state index contributed by atoms with van der Waals surface area (Å²) in [4.78, 5) is 16.0. The second-order valence-corrected chi connectivity index (χ2v) is 6.88. The van der Waals surface area contributed by atoms with Gasteiger partial charge in [-0.2, -0.15) is 0 Å². The number of hydrogen-bond acceptors (Lipinski definition) is 5. The molecule has 3 aromatic rings. The van der Waals surface area contributed by atoms with E-state index in [4.69, 9.17) is 9.47 Å². The predicted octanol–water partition coefficient (Wildman–Crippen LogP) is 4.78. The summed E-state index contributed by atoms with van der Waals surface area (Å²) < 4.78 is 10.2. The Morgan fingerprint density at radius 2 is 1.86 bits per heavy atom. The molecule has 29 heavy (non-hydrogen) atoms. The molecular formula is C24H26N2O3. The van der Waals surface area contributed by atoms with E-state index >= 15 is 0 Å². The number of aromatic nitrogens is 1. The zero-order chi connectivity index (χ0) is 20.6. The lowest BCUT2D eigenvalue weighted by atomic mass is 10.0. The van der Waals surface area contributed by atoms with Crippen LogP contribution in [0.5, 0.6) is 5.75 Å². The molecule has 5 nitrogen and oxygen atoms in total. The van der Waals surface area contributed by atoms with Gasteiger partial charge in [-0.05, 0) is 54.3 Å². The molecular weight excluding hydrogens is 364 g/mol. The Hall–Kier alpha value is -3.34. The van der Waals surface area contributed by atoms with Gasteiger partial charge in [0.2, 0.25) is 0 Å². The fourth-order valence-corrected chi connectivity index (χ4v) is 3.18. The molecule has 3 rings (SSSR count). The second kappa shape index (κ2) is 9.73. The lowest BCUT2D eigenvalue weighted by Gasteiger charge is -2.11. The summed E-state index contributed by atoms with van der Waals surface area (Å²) >= 11 is 0. The maximum atomic E-state index is 11.5. The van der Waals surface area contributed by atoms with E-state index in [1.54, 1.807) is 7.11 Å². The molecule has 0 saturated carbocycles. The van der Waals surface area contributed by atoms with E-state index in [0.717, 1.165) is 34.8 Å². The van der Waals surface area contributed by atoms with Crippen LogP contribution in [0.25, 0.3) is 11.1 Å². The van der Waals surface area contributed by atoms with Gasteiger partial charge in [0, 0.05) is 24.7 Å². The molecule has 0 unspecified atom stereocenters. The number of carbonyl (C=O) groups excluding carboxylic acids is 1. The Morgan fingerprint density at radius 1 is 1.03 bits per heavy atom. The van der Waals surface area contributed by atoms with Crippen molar-refractivity contribution in [2.45, 2.75) is 26.3 Å². The minimum absolute atomic E-state index is 0.233. The van der Waals surface area contributed by atoms with Crippen molar-refractivity contribution in [2.24, 2.45) is 0 Å². The number of esters is 1. The fraction of sp³-hybridized carbons (Fsp3) is 0.250. The molecule has 1 N–H and O–H groups in total. The molecule has 0 radical (unpaired) electrons. The smallest absolute Gasteiger partial charge is 0.305 e. The number of carbonyl (C=O) groups is 1. The van der Waals surface area contributed by atoms with Crippen LogP contribution in [-0.2, 0) is 22.5 Å². The van der Waals surface area contributed by atoms with Crippen molar-refractivity contribution in [3.05, 3.63) is 77.5 Å². The third-order valence-electron chi connectivity index (χ3n) is 4.76. The molecule has 0 bridgehead atoms. The van der Waals surface area contributed by atoms with Gasteiger partial charge in [0.25, 0.3) is 0 Å². The number of anilines is 1. The highest BCUT2D eigenvalue weighted by molar-refractivity contribution is 5.70. The zero-order valence-electron chi connectivity index (χ0n) is 17.1. The molecule has 1 heterocycles. The lowest BCUT2D eigenvalue weighted by molar-refractivity contribution is -0.140. The van der Waals surface area contributed by atoms with Crippen LogP contribution in [0.1, 0.15) is 23.1 Å². The highest BCUT2D eigenvalue weighted by Crippen LogP contribution is 2.28. The number of nitrogens with one attached hydrogen (secondary N) is 1. The van der Waals surface area contributed by atoms with Crippen LogP contribution >= 0.6 is 0 Å². The molecule has 5 heteroatoms. The van der Waals surface area contributed by atoms with Gasteiger partial charge in [-0.1, -0.05) is 35.9 Å². The molecule has 0 aliphatic rings. The number of aryl methyl sites for hydroxylation is 2. The molecule has 1 aromatic heterocycles. The van der Waals surface area contributed by atoms with Crippen molar-refractivity contribution >= 4 is 11.8 Å². The normalized spacial score (nSPS) is 10.4. The van der Waals surface area contributed by atoms with Crippen LogP contribution in [-0.4, -0.2) is 25.2 Å². The third kappa shape index (κ3) is 5.57. The minimum Gasteiger partial charge on any atom is -0.496 e. The van der Waals surface area contributed by atoms with Crippen LogP contribution in [0.4, 0.5) is 5.82 Å². The molecule has 0 amide bonds. The fourth-order valence-electron chi connectivity index (χ4n) is 3.18. The summed E-state index contributed by atoms with van der Waals surface area (Å²) in [5, 5.41) is 3.35. The van der Waals surface area contributed by atoms with Crippen LogP contribution in [0.3, 0.4) is 0 Å². The number of nitrogens with zero attached hydrogens (tertiary/aromatic N) is 1. The standard InChI is InChI=1S/C24H26N2O3/c1-17-5-4-6-18(13-17)15-25-23-11-8-21(16-26-23)19-7-10-22(28-2)20(14-19)9-12-24(27)29-3/h4-8,10-11,13-14,16H,9,12,15H2,1-3H3,(H,25,26). The first-order chi connectivity index (χ1) is 14.1. The first-order valence-electron chi connectivity index (χ1n) is 9.58. The zero-order valence-corrected chi connectivity index (χ0v) is 17.1. The Morgan fingerprint density at radius 3 is 2.55 bits per heavy atom. The Balaban J connectivity index is 1.70. The summed E-state index contributed by atoms with van der Waals surface area (Å²) in [5.41, 5.74) is 5.48. The summed E-state index contributed by atoms with van der Waals surface area (Å²) in [6.07, 6.45) is 2.73. The van der Waals surface area contributed by atoms with Crippen LogP contribution in [0, 0.1) is 6.92 Å². The van der Waals surface area contributed by atoms with Crippen molar-refractivity contribution in [1.82, 2.24) is 4.98 Å². The van der Waals surface area contributed by atoms with Crippen molar-refractivity contribution in [3.8, 4) is 16.9 Å². The maximum absolute atomic E-state index is 11.5. The predicted molar refractivity (Wildman–Crippen MR) is 115 cm³/mol. The number of ether oxygens (including phenoxy) is 2. The van der Waals surface area contributed by atoms with Crippen molar-refractivity contribution < 1.29 is 14.3 Å². The summed E-state index contributed by atoms with van der Waals surface area (Å²) in [6.45, 7) is 2.82. The van der Waals surface area contributed by atoms with Gasteiger partial charge in [-0.15, -0.1) is 0 Å². The van der Waals surface area contributed by atoms with Crippen molar-refractivity contribution in [1.29, 1.82) is 0 Å². The van der Waals surface area contributed by atoms with Crippen molar-refractivity contribution in [2.75, 3.05) is 19.5 Å². The van der Waals surface area contributed by atoms with Gasteiger partial charge in [0.15, 0.2) is 0 Å². The minimum atomic E-state index is -0.233. The molecule has 150 valence electrons. The van der Waals surface area contributed by atoms with Crippen molar-refractivity contribution in [3.63, 3.8) is 0 Å². The first kappa shape index (κ1) is 20.4. The van der Waals surface area contributed by atoms with Gasteiger partial charge in [-0.3, -0.25) is 4.79 Å². The Kier molecular flexibility index (Phi) is 6.85. The molecule has 0 fully saturated rings. The highest BCUT2D eigenvalue weighted by atomic mass is 16.5. The number of methoxy groups -OCH3 is 2. The van der Waals surface area contributed by atoms with Gasteiger partial charge >= 0.3 is 5.97 Å². The molecule has 0 atom stereocenters. The molecule has 2 aromatic carbocycles. The quantitative estimate of drug-likeness (QED) is 0.561. The SMILES string of the molecule is COC(=O)CCc1cc(-c2ccc(NCc3cccc(C)c3)nc2)ccc1OC. The molecule has 0 aliphatic heterocycles. The highest BCUT2D eigenvalue weighted by Gasteiger charge is 2.09. The van der Waals surface area contributed by atoms with E-state index in [-0.39, 0.29) is 5.97 Å². The first-order valence-corrected chi connectivity index (χ1v) is 9.58. The van der Waals surface area contributed by atoms with E-state index in [0.29, 0.717) is 12.8 Å². The summed E-state index contributed by atoms with van der Waals surface area (Å²) in [6, 6.07) is 18.4. The molecule has 0 aliphatic carbocycles. The number of pyridine rings is 1. The van der Waals surface area contributed by atoms with E-state index in [1.165, 1.54) is 18.2 Å². The Bertz CT molecular complexity index is 968. The molecule has 0 spiro atoms.